The molecule has 2 aromatic rings. The molecule has 1 aromatic carbocycles. The Morgan fingerprint density at radius 2 is 1.90 bits per heavy atom. The summed E-state index contributed by atoms with van der Waals surface area (Å²) in [7, 11) is 2.10. The largest absolute Gasteiger partial charge is 0.460 e. The van der Waals surface area contributed by atoms with Gasteiger partial charge in [-0.25, -0.2) is 0 Å². The summed E-state index contributed by atoms with van der Waals surface area (Å²) < 4.78 is 7.00. The molecule has 0 unspecified atom stereocenters. The van der Waals surface area contributed by atoms with Crippen LogP contribution in [0.25, 0.3) is 11.3 Å². The Bertz CT molecular complexity index is 587. The number of furan rings is 1. The minimum absolute atomic E-state index is 0.0731. The fourth-order valence-electron chi connectivity index (χ4n) is 2.85. The Balaban J connectivity index is 1.58. The summed E-state index contributed by atoms with van der Waals surface area (Å²) in [6, 6.07) is 12.2. The summed E-state index contributed by atoms with van der Waals surface area (Å²) in [5.41, 5.74) is 1.09. The number of aliphatic hydroxyl groups is 1. The van der Waals surface area contributed by atoms with Crippen LogP contribution in [0, 0.1) is 5.92 Å². The van der Waals surface area contributed by atoms with Crippen molar-refractivity contribution in [2.24, 2.45) is 5.92 Å². The molecule has 0 saturated heterocycles. The zero-order chi connectivity index (χ0) is 14.8. The monoisotopic (exact) mass is 349 g/mol. The van der Waals surface area contributed by atoms with E-state index in [9.17, 15) is 5.11 Å². The average Bonchev–Trinajstić information content (AvgIpc) is 2.86. The predicted molar refractivity (Wildman–Crippen MR) is 86.9 cm³/mol. The van der Waals surface area contributed by atoms with Crippen LogP contribution in [0.15, 0.2) is 45.3 Å². The van der Waals surface area contributed by atoms with Gasteiger partial charge in [-0.15, -0.1) is 0 Å². The maximum Gasteiger partial charge on any atom is 0.134 e. The quantitative estimate of drug-likeness (QED) is 0.888. The van der Waals surface area contributed by atoms with Gasteiger partial charge < -0.3 is 9.52 Å². The van der Waals surface area contributed by atoms with Crippen LogP contribution < -0.4 is 0 Å². The lowest BCUT2D eigenvalue weighted by molar-refractivity contribution is 0.0266. The van der Waals surface area contributed by atoms with Gasteiger partial charge in [0.25, 0.3) is 0 Å². The maximum absolute atomic E-state index is 9.33. The number of rotatable bonds is 5. The van der Waals surface area contributed by atoms with Crippen LogP contribution in [0.5, 0.6) is 0 Å². The molecule has 4 heteroatoms. The lowest BCUT2D eigenvalue weighted by Gasteiger charge is -2.34. The molecule has 1 fully saturated rings. The highest BCUT2D eigenvalue weighted by molar-refractivity contribution is 9.10. The second-order valence-electron chi connectivity index (χ2n) is 5.96. The van der Waals surface area contributed by atoms with Gasteiger partial charge in [-0.2, -0.15) is 0 Å². The predicted octanol–water partition coefficient (Wildman–Crippen LogP) is 3.91. The third kappa shape index (κ3) is 3.76. The summed E-state index contributed by atoms with van der Waals surface area (Å²) in [6.07, 6.45) is 1.80. The molecule has 21 heavy (non-hydrogen) atoms. The molecule has 112 valence electrons. The lowest BCUT2D eigenvalue weighted by atomic mass is 9.82. The van der Waals surface area contributed by atoms with Gasteiger partial charge in [0.15, 0.2) is 0 Å². The molecule has 0 aliphatic heterocycles. The summed E-state index contributed by atoms with van der Waals surface area (Å²) in [5, 5.41) is 9.33. The highest BCUT2D eigenvalue weighted by Crippen LogP contribution is 2.28. The number of nitrogens with zero attached hydrogens (tertiary/aromatic N) is 1. The first-order valence-corrected chi connectivity index (χ1v) is 8.10. The van der Waals surface area contributed by atoms with Crippen molar-refractivity contribution in [2.75, 3.05) is 13.6 Å². The Kier molecular flexibility index (Phi) is 4.48. The summed E-state index contributed by atoms with van der Waals surface area (Å²) in [5.74, 6) is 2.52. The van der Waals surface area contributed by atoms with Crippen LogP contribution in [0.2, 0.25) is 0 Å². The highest BCUT2D eigenvalue weighted by Gasteiger charge is 2.27. The van der Waals surface area contributed by atoms with E-state index in [1.54, 1.807) is 0 Å². The van der Waals surface area contributed by atoms with E-state index in [0.717, 1.165) is 47.5 Å². The molecule has 1 N–H and O–H groups in total. The van der Waals surface area contributed by atoms with Crippen molar-refractivity contribution in [1.82, 2.24) is 4.90 Å². The van der Waals surface area contributed by atoms with Crippen LogP contribution in [0.1, 0.15) is 18.6 Å². The molecule has 3 nitrogen and oxygen atoms in total. The molecule has 0 atom stereocenters. The molecule has 1 aliphatic rings. The van der Waals surface area contributed by atoms with Crippen LogP contribution in [-0.4, -0.2) is 29.7 Å². The minimum atomic E-state index is -0.0731. The first-order valence-electron chi connectivity index (χ1n) is 7.31. The van der Waals surface area contributed by atoms with Crippen LogP contribution >= 0.6 is 15.9 Å². The van der Waals surface area contributed by atoms with Crippen LogP contribution in [0.4, 0.5) is 0 Å². The zero-order valence-corrected chi connectivity index (χ0v) is 13.7. The first kappa shape index (κ1) is 14.8. The average molecular weight is 350 g/mol. The molecule has 1 aliphatic carbocycles. The number of benzene rings is 1. The molecule has 1 heterocycles. The standard InChI is InChI=1S/C17H20BrNO2/c1-19(10-12-8-15(20)9-12)11-16-6-7-17(21-16)13-2-4-14(18)5-3-13/h2-7,12,15,20H,8-11H2,1H3. The summed E-state index contributed by atoms with van der Waals surface area (Å²) in [4.78, 5) is 2.26. The Labute approximate surface area is 133 Å². The van der Waals surface area contributed by atoms with Gasteiger partial charge in [0.1, 0.15) is 11.5 Å². The fourth-order valence-corrected chi connectivity index (χ4v) is 3.12. The second kappa shape index (κ2) is 6.34. The molecule has 0 radical (unpaired) electrons. The van der Waals surface area contributed by atoms with Crippen molar-refractivity contribution in [3.8, 4) is 11.3 Å². The Hall–Kier alpha value is -1.10. The van der Waals surface area contributed by atoms with Crippen molar-refractivity contribution in [3.05, 3.63) is 46.6 Å². The SMILES string of the molecule is CN(Cc1ccc(-c2ccc(Br)cc2)o1)CC1CC(O)C1. The van der Waals surface area contributed by atoms with Crippen molar-refractivity contribution in [3.63, 3.8) is 0 Å². The number of halogens is 1. The maximum atomic E-state index is 9.33. The van der Waals surface area contributed by atoms with Crippen molar-refractivity contribution in [1.29, 1.82) is 0 Å². The van der Waals surface area contributed by atoms with Crippen molar-refractivity contribution >= 4 is 15.9 Å². The normalized spacial score (nSPS) is 21.5. The molecule has 0 amide bonds. The van der Waals surface area contributed by atoms with E-state index in [-0.39, 0.29) is 6.10 Å². The third-order valence-electron chi connectivity index (χ3n) is 4.00. The molecule has 1 aromatic heterocycles. The van der Waals surface area contributed by atoms with E-state index < -0.39 is 0 Å². The second-order valence-corrected chi connectivity index (χ2v) is 6.88. The van der Waals surface area contributed by atoms with Gasteiger partial charge in [-0.1, -0.05) is 28.1 Å². The molecular weight excluding hydrogens is 330 g/mol. The van der Waals surface area contributed by atoms with Gasteiger partial charge in [0, 0.05) is 16.6 Å². The first-order chi connectivity index (χ1) is 10.1. The van der Waals surface area contributed by atoms with Gasteiger partial charge in [0.2, 0.25) is 0 Å². The third-order valence-corrected chi connectivity index (χ3v) is 4.53. The Morgan fingerprint density at radius 1 is 1.19 bits per heavy atom. The molecular formula is C17H20BrNO2. The van der Waals surface area contributed by atoms with E-state index >= 15 is 0 Å². The van der Waals surface area contributed by atoms with Crippen molar-refractivity contribution < 1.29 is 9.52 Å². The lowest BCUT2D eigenvalue weighted by Crippen LogP contribution is -2.36. The Morgan fingerprint density at radius 3 is 2.57 bits per heavy atom. The summed E-state index contributed by atoms with van der Waals surface area (Å²) in [6.45, 7) is 1.83. The van der Waals surface area contributed by atoms with Gasteiger partial charge >= 0.3 is 0 Å². The van der Waals surface area contributed by atoms with E-state index in [4.69, 9.17) is 4.42 Å². The molecule has 0 spiro atoms. The molecule has 1 saturated carbocycles. The van der Waals surface area contributed by atoms with Crippen LogP contribution in [-0.2, 0) is 6.54 Å². The number of aliphatic hydroxyl groups excluding tert-OH is 1. The van der Waals surface area contributed by atoms with Gasteiger partial charge in [-0.05, 0) is 50.1 Å². The minimum Gasteiger partial charge on any atom is -0.460 e. The molecule has 3 rings (SSSR count). The van der Waals surface area contributed by atoms with Crippen molar-refractivity contribution in [2.45, 2.75) is 25.5 Å². The molecule has 0 bridgehead atoms. The fraction of sp³-hybridized carbons (Fsp3) is 0.412. The van der Waals surface area contributed by atoms with Gasteiger partial charge in [0.05, 0.1) is 12.6 Å². The smallest absolute Gasteiger partial charge is 0.134 e. The van der Waals surface area contributed by atoms with E-state index in [1.807, 2.05) is 36.4 Å². The van der Waals surface area contributed by atoms with Crippen LogP contribution in [0.3, 0.4) is 0 Å². The topological polar surface area (TPSA) is 36.6 Å². The summed E-state index contributed by atoms with van der Waals surface area (Å²) >= 11 is 3.44. The highest BCUT2D eigenvalue weighted by atomic mass is 79.9. The zero-order valence-electron chi connectivity index (χ0n) is 12.1. The van der Waals surface area contributed by atoms with E-state index in [2.05, 4.69) is 27.9 Å². The van der Waals surface area contributed by atoms with Gasteiger partial charge in [-0.3, -0.25) is 4.90 Å². The number of hydrogen-bond acceptors (Lipinski definition) is 3. The van der Waals surface area contributed by atoms with E-state index in [1.165, 1.54) is 0 Å². The number of hydrogen-bond donors (Lipinski definition) is 1. The van der Waals surface area contributed by atoms with E-state index in [0.29, 0.717) is 5.92 Å².